The lowest BCUT2D eigenvalue weighted by atomic mass is 10.2. The van der Waals surface area contributed by atoms with Gasteiger partial charge in [-0.2, -0.15) is 0 Å². The molecule has 0 aliphatic rings. The topological polar surface area (TPSA) is 32.0 Å². The Kier molecular flexibility index (Phi) is 3.72. The molecule has 3 rings (SSSR count). The minimum atomic E-state index is 0.763. The molecule has 4 heteroatoms. The number of fused-ring (bicyclic) bond motifs is 1. The zero-order valence-corrected chi connectivity index (χ0v) is 11.7. The van der Waals surface area contributed by atoms with Crippen molar-refractivity contribution in [2.24, 2.45) is 0 Å². The predicted octanol–water partition coefficient (Wildman–Crippen LogP) is 3.33. The molecule has 20 heavy (non-hydrogen) atoms. The summed E-state index contributed by atoms with van der Waals surface area (Å²) in [7, 11) is 0. The third kappa shape index (κ3) is 2.54. The number of ether oxygens (including phenoxy) is 1. The zero-order chi connectivity index (χ0) is 13.8. The van der Waals surface area contributed by atoms with Crippen molar-refractivity contribution in [2.45, 2.75) is 26.4 Å². The van der Waals surface area contributed by atoms with Crippen molar-refractivity contribution in [2.75, 3.05) is 6.61 Å². The second kappa shape index (κ2) is 5.82. The maximum Gasteiger partial charge on any atom is 0.128 e. The molecule has 0 aliphatic heterocycles. The van der Waals surface area contributed by atoms with Crippen LogP contribution in [-0.4, -0.2) is 20.7 Å². The SMILES string of the molecule is CCCOc1cccc2c1ccn2CCn1ccnc1. The highest BCUT2D eigenvalue weighted by Crippen LogP contribution is 2.26. The first-order valence-corrected chi connectivity index (χ1v) is 7.05. The molecular weight excluding hydrogens is 250 g/mol. The number of aryl methyl sites for hydroxylation is 2. The number of hydrogen-bond acceptors (Lipinski definition) is 2. The molecule has 0 saturated heterocycles. The number of aromatic nitrogens is 3. The lowest BCUT2D eigenvalue weighted by molar-refractivity contribution is 0.321. The average Bonchev–Trinajstić information content (AvgIpc) is 3.12. The molecule has 3 aromatic rings. The molecule has 4 nitrogen and oxygen atoms in total. The summed E-state index contributed by atoms with van der Waals surface area (Å²) in [6, 6.07) is 8.37. The van der Waals surface area contributed by atoms with Gasteiger partial charge in [-0.25, -0.2) is 4.98 Å². The molecule has 2 heterocycles. The Labute approximate surface area is 118 Å². The molecule has 0 amide bonds. The highest BCUT2D eigenvalue weighted by Gasteiger charge is 2.06. The predicted molar refractivity (Wildman–Crippen MR) is 80.0 cm³/mol. The van der Waals surface area contributed by atoms with Crippen molar-refractivity contribution in [1.29, 1.82) is 0 Å². The number of rotatable bonds is 6. The molecule has 0 radical (unpaired) electrons. The molecule has 0 bridgehead atoms. The second-order valence-electron chi connectivity index (χ2n) is 4.85. The van der Waals surface area contributed by atoms with Gasteiger partial charge in [-0.3, -0.25) is 0 Å². The highest BCUT2D eigenvalue weighted by molar-refractivity contribution is 5.86. The first kappa shape index (κ1) is 12.8. The lowest BCUT2D eigenvalue weighted by Gasteiger charge is -2.08. The molecule has 0 unspecified atom stereocenters. The van der Waals surface area contributed by atoms with Gasteiger partial charge in [0.05, 0.1) is 18.5 Å². The summed E-state index contributed by atoms with van der Waals surface area (Å²) in [6.07, 6.45) is 8.80. The molecule has 0 fully saturated rings. The van der Waals surface area contributed by atoms with Crippen LogP contribution in [0.1, 0.15) is 13.3 Å². The summed E-state index contributed by atoms with van der Waals surface area (Å²) < 4.78 is 10.1. The smallest absolute Gasteiger partial charge is 0.128 e. The maximum atomic E-state index is 5.80. The first-order valence-electron chi connectivity index (χ1n) is 7.05. The molecule has 0 saturated carbocycles. The molecule has 1 aromatic carbocycles. The van der Waals surface area contributed by atoms with E-state index in [-0.39, 0.29) is 0 Å². The van der Waals surface area contributed by atoms with Crippen LogP contribution in [0.15, 0.2) is 49.2 Å². The Balaban J connectivity index is 1.81. The van der Waals surface area contributed by atoms with Gasteiger partial charge in [0.1, 0.15) is 5.75 Å². The Morgan fingerprint density at radius 2 is 2.10 bits per heavy atom. The van der Waals surface area contributed by atoms with E-state index in [0.717, 1.165) is 31.9 Å². The van der Waals surface area contributed by atoms with Gasteiger partial charge in [-0.05, 0) is 24.6 Å². The van der Waals surface area contributed by atoms with E-state index in [1.165, 1.54) is 10.9 Å². The Morgan fingerprint density at radius 1 is 1.15 bits per heavy atom. The highest BCUT2D eigenvalue weighted by atomic mass is 16.5. The van der Waals surface area contributed by atoms with Crippen molar-refractivity contribution in [3.8, 4) is 5.75 Å². The molecule has 104 valence electrons. The Bertz CT molecular complexity index is 670. The van der Waals surface area contributed by atoms with E-state index in [4.69, 9.17) is 4.74 Å². The van der Waals surface area contributed by atoms with Crippen molar-refractivity contribution < 1.29 is 4.74 Å². The summed E-state index contributed by atoms with van der Waals surface area (Å²) in [5, 5.41) is 1.19. The molecule has 0 aliphatic carbocycles. The monoisotopic (exact) mass is 269 g/mol. The van der Waals surface area contributed by atoms with Crippen LogP contribution in [0.2, 0.25) is 0 Å². The molecule has 0 N–H and O–H groups in total. The summed E-state index contributed by atoms with van der Waals surface area (Å²) in [5.41, 5.74) is 1.22. The molecular formula is C16H19N3O. The summed E-state index contributed by atoms with van der Waals surface area (Å²) in [6.45, 7) is 4.73. The van der Waals surface area contributed by atoms with Gasteiger partial charge in [-0.15, -0.1) is 0 Å². The van der Waals surface area contributed by atoms with Gasteiger partial charge >= 0.3 is 0 Å². The van der Waals surface area contributed by atoms with Crippen molar-refractivity contribution in [1.82, 2.24) is 14.1 Å². The van der Waals surface area contributed by atoms with Gasteiger partial charge in [0.2, 0.25) is 0 Å². The summed E-state index contributed by atoms with van der Waals surface area (Å²) in [5.74, 6) is 0.978. The molecule has 2 aromatic heterocycles. The van der Waals surface area contributed by atoms with Gasteiger partial charge in [0, 0.05) is 37.1 Å². The zero-order valence-electron chi connectivity index (χ0n) is 11.7. The van der Waals surface area contributed by atoms with Crippen LogP contribution in [0.25, 0.3) is 10.9 Å². The lowest BCUT2D eigenvalue weighted by Crippen LogP contribution is -2.04. The van der Waals surface area contributed by atoms with E-state index in [0.29, 0.717) is 0 Å². The number of hydrogen-bond donors (Lipinski definition) is 0. The average molecular weight is 269 g/mol. The fourth-order valence-corrected chi connectivity index (χ4v) is 2.37. The minimum Gasteiger partial charge on any atom is -0.493 e. The number of nitrogens with zero attached hydrogens (tertiary/aromatic N) is 3. The minimum absolute atomic E-state index is 0.763. The fourth-order valence-electron chi connectivity index (χ4n) is 2.37. The van der Waals surface area contributed by atoms with Crippen LogP contribution in [0.5, 0.6) is 5.75 Å². The van der Waals surface area contributed by atoms with Gasteiger partial charge in [0.15, 0.2) is 0 Å². The van der Waals surface area contributed by atoms with Crippen LogP contribution >= 0.6 is 0 Å². The van der Waals surface area contributed by atoms with E-state index in [9.17, 15) is 0 Å². The van der Waals surface area contributed by atoms with Crippen LogP contribution in [0, 0.1) is 0 Å². The fraction of sp³-hybridized carbons (Fsp3) is 0.312. The molecule has 0 atom stereocenters. The summed E-state index contributed by atoms with van der Waals surface area (Å²) in [4.78, 5) is 4.07. The van der Waals surface area contributed by atoms with E-state index in [1.807, 2.05) is 24.8 Å². The van der Waals surface area contributed by atoms with Gasteiger partial charge in [0.25, 0.3) is 0 Å². The van der Waals surface area contributed by atoms with Crippen molar-refractivity contribution in [3.63, 3.8) is 0 Å². The standard InChI is InChI=1S/C16H19N3O/c1-2-12-20-16-5-3-4-15-14(16)6-8-19(15)11-10-18-9-7-17-13-18/h3-9,13H,2,10-12H2,1H3. The van der Waals surface area contributed by atoms with E-state index in [1.54, 1.807) is 0 Å². The Morgan fingerprint density at radius 3 is 2.90 bits per heavy atom. The quantitative estimate of drug-likeness (QED) is 0.687. The Hall–Kier alpha value is -2.23. The van der Waals surface area contributed by atoms with Gasteiger partial charge < -0.3 is 13.9 Å². The molecule has 0 spiro atoms. The summed E-state index contributed by atoms with van der Waals surface area (Å²) >= 11 is 0. The van der Waals surface area contributed by atoms with E-state index < -0.39 is 0 Å². The third-order valence-corrected chi connectivity index (χ3v) is 3.39. The van der Waals surface area contributed by atoms with Crippen LogP contribution < -0.4 is 4.74 Å². The largest absolute Gasteiger partial charge is 0.493 e. The van der Waals surface area contributed by atoms with Gasteiger partial charge in [-0.1, -0.05) is 13.0 Å². The second-order valence-corrected chi connectivity index (χ2v) is 4.85. The van der Waals surface area contributed by atoms with Crippen molar-refractivity contribution >= 4 is 10.9 Å². The van der Waals surface area contributed by atoms with Crippen LogP contribution in [-0.2, 0) is 13.1 Å². The maximum absolute atomic E-state index is 5.80. The normalized spacial score (nSPS) is 11.1. The number of imidazole rings is 1. The first-order chi connectivity index (χ1) is 9.88. The number of benzene rings is 1. The van der Waals surface area contributed by atoms with Crippen LogP contribution in [0.4, 0.5) is 0 Å². The van der Waals surface area contributed by atoms with E-state index in [2.05, 4.69) is 45.4 Å². The van der Waals surface area contributed by atoms with E-state index >= 15 is 0 Å². The van der Waals surface area contributed by atoms with Crippen LogP contribution in [0.3, 0.4) is 0 Å². The third-order valence-electron chi connectivity index (χ3n) is 3.39. The van der Waals surface area contributed by atoms with Crippen molar-refractivity contribution in [3.05, 3.63) is 49.2 Å².